The Balaban J connectivity index is 1.29. The lowest BCUT2D eigenvalue weighted by Crippen LogP contribution is -2.44. The number of anilines is 3. The first kappa shape index (κ1) is 27.0. The third-order valence-electron chi connectivity index (χ3n) is 7.36. The molecule has 0 bridgehead atoms. The molecule has 0 spiro atoms. The number of aryl methyl sites for hydroxylation is 2. The second-order valence-electron chi connectivity index (χ2n) is 10.2. The summed E-state index contributed by atoms with van der Waals surface area (Å²) >= 11 is 0. The third-order valence-corrected chi connectivity index (χ3v) is 7.36. The van der Waals surface area contributed by atoms with E-state index in [4.69, 9.17) is 9.72 Å². The van der Waals surface area contributed by atoms with Crippen molar-refractivity contribution in [2.45, 2.75) is 39.3 Å². The van der Waals surface area contributed by atoms with Crippen LogP contribution < -0.4 is 15.4 Å². The Kier molecular flexibility index (Phi) is 7.54. The summed E-state index contributed by atoms with van der Waals surface area (Å²) in [5, 5.41) is 22.6. The minimum Gasteiger partial charge on any atom is -0.465 e. The summed E-state index contributed by atoms with van der Waals surface area (Å²) in [7, 11) is 0. The monoisotopic (exact) mass is 564 g/mol. The molecule has 3 N–H and O–H groups in total. The van der Waals surface area contributed by atoms with Gasteiger partial charge in [0.1, 0.15) is 5.75 Å². The molecule has 0 aliphatic carbocycles. The highest BCUT2D eigenvalue weighted by atomic mass is 16.5. The Hall–Kier alpha value is -5.19. The Labute approximate surface area is 243 Å². The van der Waals surface area contributed by atoms with E-state index in [1.165, 1.54) is 4.90 Å². The van der Waals surface area contributed by atoms with Crippen LogP contribution in [0.3, 0.4) is 0 Å². The number of carbonyl (C=O) groups is 1. The van der Waals surface area contributed by atoms with Crippen LogP contribution >= 0.6 is 0 Å². The summed E-state index contributed by atoms with van der Waals surface area (Å²) in [5.74, 6) is 2.34. The number of amides is 1. The van der Waals surface area contributed by atoms with E-state index in [2.05, 4.69) is 38.7 Å². The number of hydrogen-bond donors (Lipinski definition) is 3. The van der Waals surface area contributed by atoms with Gasteiger partial charge in [-0.15, -0.1) is 0 Å². The minimum atomic E-state index is -0.910. The van der Waals surface area contributed by atoms with Gasteiger partial charge in [-0.2, -0.15) is 5.10 Å². The van der Waals surface area contributed by atoms with E-state index in [-0.39, 0.29) is 6.04 Å². The zero-order chi connectivity index (χ0) is 29.1. The van der Waals surface area contributed by atoms with Crippen LogP contribution in [0.15, 0.2) is 73.2 Å². The summed E-state index contributed by atoms with van der Waals surface area (Å²) in [6, 6.07) is 17.6. The summed E-state index contributed by atoms with van der Waals surface area (Å²) in [4.78, 5) is 26.6. The Morgan fingerprint density at radius 2 is 1.98 bits per heavy atom. The molecule has 0 saturated carbocycles. The summed E-state index contributed by atoms with van der Waals surface area (Å²) < 4.78 is 8.43. The number of nitrogens with zero attached hydrogens (tertiary/aromatic N) is 6. The number of benzene rings is 2. The van der Waals surface area contributed by atoms with E-state index in [1.807, 2.05) is 66.3 Å². The van der Waals surface area contributed by atoms with Gasteiger partial charge in [0.2, 0.25) is 11.8 Å². The maximum absolute atomic E-state index is 11.4. The fourth-order valence-corrected chi connectivity index (χ4v) is 5.22. The number of fused-ring (bicyclic) bond motifs is 1. The third kappa shape index (κ3) is 5.67. The van der Waals surface area contributed by atoms with Crippen molar-refractivity contribution < 1.29 is 14.6 Å². The van der Waals surface area contributed by atoms with E-state index in [0.29, 0.717) is 36.4 Å². The van der Waals surface area contributed by atoms with Crippen LogP contribution in [0.25, 0.3) is 22.0 Å². The van der Waals surface area contributed by atoms with Crippen molar-refractivity contribution in [2.75, 3.05) is 23.7 Å². The Bertz CT molecular complexity index is 1740. The van der Waals surface area contributed by atoms with Gasteiger partial charge in [-0.25, -0.2) is 19.7 Å². The van der Waals surface area contributed by atoms with Gasteiger partial charge in [-0.1, -0.05) is 24.3 Å². The maximum Gasteiger partial charge on any atom is 0.407 e. The van der Waals surface area contributed by atoms with Gasteiger partial charge < -0.3 is 25.4 Å². The predicted octanol–water partition coefficient (Wildman–Crippen LogP) is 6.31. The molecule has 11 heteroatoms. The van der Waals surface area contributed by atoms with Gasteiger partial charge in [0.05, 0.1) is 11.3 Å². The molecule has 214 valence electrons. The van der Waals surface area contributed by atoms with Crippen LogP contribution in [0.5, 0.6) is 11.6 Å². The number of likely N-dealkylation sites (tertiary alicyclic amines) is 1. The molecular formula is C31H32N8O3. The lowest BCUT2D eigenvalue weighted by Gasteiger charge is -2.31. The average molecular weight is 565 g/mol. The molecule has 1 fully saturated rings. The SMILES string of the molecule is CCn1ccc(Nc2cccc3c(Oc4ncccc4-c4ccnc(N[C@H]5CCCN(C(=O)O)C5)n4)c(C)ccc23)n1. The van der Waals surface area contributed by atoms with Gasteiger partial charge in [-0.3, -0.25) is 4.68 Å². The molecule has 6 rings (SSSR count). The van der Waals surface area contributed by atoms with Crippen molar-refractivity contribution in [3.63, 3.8) is 0 Å². The zero-order valence-corrected chi connectivity index (χ0v) is 23.5. The number of pyridine rings is 1. The highest BCUT2D eigenvalue weighted by molar-refractivity contribution is 5.99. The molecule has 1 saturated heterocycles. The van der Waals surface area contributed by atoms with Crippen LogP contribution in [0.2, 0.25) is 0 Å². The van der Waals surface area contributed by atoms with Gasteiger partial charge >= 0.3 is 6.09 Å². The van der Waals surface area contributed by atoms with Crippen molar-refractivity contribution in [3.05, 3.63) is 78.8 Å². The standard InChI is InChI=1S/C31H32N8O3/c1-3-39-18-14-27(37-39)35-25-10-4-8-23-22(25)12-11-20(2)28(23)42-29-24(9-5-15-32-29)26-13-16-33-30(36-26)34-21-7-6-17-38(19-21)31(40)41/h4-5,8-16,18,21H,3,6-7,17,19H2,1-2H3,(H,35,37)(H,40,41)(H,33,34,36)/t21-/m0/s1. The van der Waals surface area contributed by atoms with Gasteiger partial charge in [0.15, 0.2) is 5.82 Å². The quantitative estimate of drug-likeness (QED) is 0.198. The molecule has 2 aromatic carbocycles. The van der Waals surface area contributed by atoms with Crippen molar-refractivity contribution in [1.82, 2.24) is 29.6 Å². The summed E-state index contributed by atoms with van der Waals surface area (Å²) in [5.41, 5.74) is 3.26. The Morgan fingerprint density at radius 3 is 2.81 bits per heavy atom. The minimum absolute atomic E-state index is 0.0633. The van der Waals surface area contributed by atoms with Crippen molar-refractivity contribution in [3.8, 4) is 22.9 Å². The maximum atomic E-state index is 11.4. The number of rotatable bonds is 8. The van der Waals surface area contributed by atoms with E-state index in [0.717, 1.165) is 52.8 Å². The first-order valence-electron chi connectivity index (χ1n) is 14.0. The number of ether oxygens (including phenoxy) is 1. The predicted molar refractivity (Wildman–Crippen MR) is 161 cm³/mol. The van der Waals surface area contributed by atoms with Crippen molar-refractivity contribution >= 4 is 34.3 Å². The molecule has 11 nitrogen and oxygen atoms in total. The number of piperidine rings is 1. The van der Waals surface area contributed by atoms with Gasteiger partial charge in [-0.05, 0) is 56.5 Å². The lowest BCUT2D eigenvalue weighted by molar-refractivity contribution is 0.132. The van der Waals surface area contributed by atoms with Gasteiger partial charge in [0.25, 0.3) is 0 Å². The molecule has 0 radical (unpaired) electrons. The van der Waals surface area contributed by atoms with E-state index < -0.39 is 6.09 Å². The second-order valence-corrected chi connectivity index (χ2v) is 10.2. The van der Waals surface area contributed by atoms with Crippen LogP contribution in [-0.2, 0) is 6.54 Å². The van der Waals surface area contributed by atoms with E-state index in [1.54, 1.807) is 12.4 Å². The lowest BCUT2D eigenvalue weighted by atomic mass is 10.0. The van der Waals surface area contributed by atoms with Crippen LogP contribution in [0.1, 0.15) is 25.3 Å². The molecule has 4 heterocycles. The molecular weight excluding hydrogens is 532 g/mol. The van der Waals surface area contributed by atoms with Crippen LogP contribution in [0.4, 0.5) is 22.2 Å². The summed E-state index contributed by atoms with van der Waals surface area (Å²) in [6.45, 7) is 5.80. The average Bonchev–Trinajstić information content (AvgIpc) is 3.47. The van der Waals surface area contributed by atoms with Crippen LogP contribution in [-0.4, -0.2) is 60.0 Å². The first-order valence-corrected chi connectivity index (χ1v) is 14.0. The van der Waals surface area contributed by atoms with E-state index in [9.17, 15) is 9.90 Å². The second kappa shape index (κ2) is 11.7. The fraction of sp³-hybridized carbons (Fsp3) is 0.258. The largest absolute Gasteiger partial charge is 0.465 e. The normalized spacial score (nSPS) is 15.0. The van der Waals surface area contributed by atoms with E-state index >= 15 is 0 Å². The number of nitrogens with one attached hydrogen (secondary N) is 2. The number of aromatic nitrogens is 5. The molecule has 3 aromatic heterocycles. The molecule has 1 amide bonds. The zero-order valence-electron chi connectivity index (χ0n) is 23.5. The topological polar surface area (TPSA) is 130 Å². The Morgan fingerprint density at radius 1 is 1.07 bits per heavy atom. The van der Waals surface area contributed by atoms with Crippen molar-refractivity contribution in [1.29, 1.82) is 0 Å². The van der Waals surface area contributed by atoms with Crippen LogP contribution in [0, 0.1) is 6.92 Å². The molecule has 1 atom stereocenters. The van der Waals surface area contributed by atoms with Gasteiger partial charge in [0, 0.05) is 66.8 Å². The molecule has 1 aliphatic heterocycles. The number of hydrogen-bond acceptors (Lipinski definition) is 8. The highest BCUT2D eigenvalue weighted by Gasteiger charge is 2.24. The molecule has 1 aliphatic rings. The molecule has 0 unspecified atom stereocenters. The highest BCUT2D eigenvalue weighted by Crippen LogP contribution is 2.39. The number of carboxylic acid groups (broad SMARTS) is 1. The first-order chi connectivity index (χ1) is 20.5. The smallest absolute Gasteiger partial charge is 0.407 e. The summed E-state index contributed by atoms with van der Waals surface area (Å²) in [6.07, 6.45) is 6.04. The fourth-order valence-electron chi connectivity index (χ4n) is 5.22. The molecule has 42 heavy (non-hydrogen) atoms. The molecule has 5 aromatic rings. The van der Waals surface area contributed by atoms with Crippen molar-refractivity contribution in [2.24, 2.45) is 0 Å².